The van der Waals surface area contributed by atoms with Gasteiger partial charge in [0, 0.05) is 26.0 Å². The molecule has 144 valence electrons. The number of thiazole rings is 1. The number of amides is 1. The number of carbonyl (C=O) groups is 1. The fourth-order valence-electron chi connectivity index (χ4n) is 2.14. The van der Waals surface area contributed by atoms with Gasteiger partial charge in [-0.15, -0.1) is 28.3 Å². The van der Waals surface area contributed by atoms with Crippen molar-refractivity contribution in [3.05, 3.63) is 23.3 Å². The number of halogens is 1. The van der Waals surface area contributed by atoms with Crippen LogP contribution in [0.2, 0.25) is 0 Å². The van der Waals surface area contributed by atoms with E-state index in [1.54, 1.807) is 26.2 Å². The molecule has 7 nitrogen and oxygen atoms in total. The first kappa shape index (κ1) is 22.2. The summed E-state index contributed by atoms with van der Waals surface area (Å²) in [4.78, 5) is 22.1. The predicted molar refractivity (Wildman–Crippen MR) is 112 cm³/mol. The van der Waals surface area contributed by atoms with E-state index in [0.29, 0.717) is 29.1 Å². The summed E-state index contributed by atoms with van der Waals surface area (Å²) in [7, 11) is 3.36. The molecule has 0 atom stereocenters. The van der Waals surface area contributed by atoms with Crippen molar-refractivity contribution >= 4 is 45.3 Å². The van der Waals surface area contributed by atoms with E-state index in [0.717, 1.165) is 6.42 Å². The van der Waals surface area contributed by atoms with Crippen molar-refractivity contribution in [1.82, 2.24) is 9.88 Å². The van der Waals surface area contributed by atoms with Crippen LogP contribution in [0.15, 0.2) is 26.9 Å². The van der Waals surface area contributed by atoms with Gasteiger partial charge in [0.05, 0.1) is 0 Å². The van der Waals surface area contributed by atoms with Crippen LogP contribution in [-0.2, 0) is 0 Å². The van der Waals surface area contributed by atoms with E-state index in [4.69, 9.17) is 10.2 Å². The van der Waals surface area contributed by atoms with Gasteiger partial charge in [0.15, 0.2) is 22.6 Å². The number of nitrogens with one attached hydrogen (secondary N) is 1. The number of anilines is 1. The Kier molecular flexibility index (Phi) is 9.36. The molecule has 0 radical (unpaired) electrons. The normalized spacial score (nSPS) is 11.1. The summed E-state index contributed by atoms with van der Waals surface area (Å²) in [6.45, 7) is 2.89. The molecule has 0 aliphatic rings. The molecule has 0 unspecified atom stereocenters. The van der Waals surface area contributed by atoms with Crippen molar-refractivity contribution in [3.63, 3.8) is 0 Å². The fourth-order valence-corrected chi connectivity index (χ4v) is 2.85. The summed E-state index contributed by atoms with van der Waals surface area (Å²) in [5.74, 6) is 1.01. The number of carbonyl (C=O) groups excluding carboxylic acids is 1. The van der Waals surface area contributed by atoms with E-state index in [2.05, 4.69) is 22.2 Å². The molecule has 0 aromatic carbocycles. The SMILES string of the molecule is Br.CCCCCCN=C(N)Nc1nc(-c2ccc(C(=O)N(C)C)o2)cs1. The number of furan rings is 1. The molecule has 2 aromatic rings. The lowest BCUT2D eigenvalue weighted by Gasteiger charge is -2.06. The third-order valence-corrected chi connectivity index (χ3v) is 4.27. The Hall–Kier alpha value is -1.87. The summed E-state index contributed by atoms with van der Waals surface area (Å²) in [5.41, 5.74) is 6.53. The molecule has 0 spiro atoms. The van der Waals surface area contributed by atoms with Gasteiger partial charge in [-0.05, 0) is 18.6 Å². The van der Waals surface area contributed by atoms with Crippen molar-refractivity contribution < 1.29 is 9.21 Å². The van der Waals surface area contributed by atoms with Gasteiger partial charge in [0.1, 0.15) is 5.69 Å². The van der Waals surface area contributed by atoms with Gasteiger partial charge in [-0.2, -0.15) is 0 Å². The number of unbranched alkanes of at least 4 members (excludes halogenated alkanes) is 3. The second-order valence-electron chi connectivity index (χ2n) is 5.85. The summed E-state index contributed by atoms with van der Waals surface area (Å²) in [5, 5.41) is 5.48. The molecule has 0 bridgehead atoms. The maximum Gasteiger partial charge on any atom is 0.289 e. The lowest BCUT2D eigenvalue weighted by atomic mass is 10.2. The lowest BCUT2D eigenvalue weighted by Crippen LogP contribution is -2.22. The number of guanidine groups is 1. The first-order valence-corrected chi connectivity index (χ1v) is 9.23. The minimum atomic E-state index is -0.181. The quantitative estimate of drug-likeness (QED) is 0.365. The number of nitrogens with two attached hydrogens (primary N) is 1. The average molecular weight is 444 g/mol. The van der Waals surface area contributed by atoms with Crippen molar-refractivity contribution in [2.75, 3.05) is 26.0 Å². The third kappa shape index (κ3) is 6.45. The first-order chi connectivity index (χ1) is 12.0. The number of hydrogen-bond donors (Lipinski definition) is 2. The largest absolute Gasteiger partial charge is 0.449 e. The van der Waals surface area contributed by atoms with E-state index >= 15 is 0 Å². The summed E-state index contributed by atoms with van der Waals surface area (Å²) >= 11 is 1.41. The second-order valence-corrected chi connectivity index (χ2v) is 6.71. The Labute approximate surface area is 168 Å². The topological polar surface area (TPSA) is 96.8 Å². The molecule has 0 saturated heterocycles. The van der Waals surface area contributed by atoms with Gasteiger partial charge in [-0.3, -0.25) is 9.79 Å². The molecule has 2 rings (SSSR count). The highest BCUT2D eigenvalue weighted by Gasteiger charge is 2.15. The van der Waals surface area contributed by atoms with E-state index in [9.17, 15) is 4.79 Å². The fraction of sp³-hybridized carbons (Fsp3) is 0.471. The molecular weight excluding hydrogens is 418 g/mol. The molecule has 3 N–H and O–H groups in total. The van der Waals surface area contributed by atoms with Gasteiger partial charge in [-0.25, -0.2) is 4.98 Å². The number of hydrogen-bond acceptors (Lipinski definition) is 5. The average Bonchev–Trinajstić information content (AvgIpc) is 3.23. The number of rotatable bonds is 8. The van der Waals surface area contributed by atoms with Gasteiger partial charge in [-0.1, -0.05) is 26.2 Å². The van der Waals surface area contributed by atoms with E-state index in [1.165, 1.54) is 35.5 Å². The molecule has 0 fully saturated rings. The smallest absolute Gasteiger partial charge is 0.289 e. The monoisotopic (exact) mass is 443 g/mol. The van der Waals surface area contributed by atoms with E-state index < -0.39 is 0 Å². The van der Waals surface area contributed by atoms with Gasteiger partial charge in [0.25, 0.3) is 5.91 Å². The first-order valence-electron chi connectivity index (χ1n) is 8.35. The standard InChI is InChI=1S/C17H25N5O2S.BrH/c1-4-5-6-7-10-19-16(18)21-17-20-12(11-25-17)13-8-9-14(24-13)15(23)22(2)3;/h8-9,11H,4-7,10H2,1-3H3,(H3,18,19,20,21);1H. The highest BCUT2D eigenvalue weighted by Crippen LogP contribution is 2.26. The van der Waals surface area contributed by atoms with Crippen LogP contribution in [0.4, 0.5) is 5.13 Å². The van der Waals surface area contributed by atoms with Gasteiger partial charge in [0.2, 0.25) is 0 Å². The summed E-state index contributed by atoms with van der Waals surface area (Å²) < 4.78 is 5.58. The van der Waals surface area contributed by atoms with Crippen molar-refractivity contribution in [2.45, 2.75) is 32.6 Å². The van der Waals surface area contributed by atoms with Crippen LogP contribution in [0.3, 0.4) is 0 Å². The maximum atomic E-state index is 11.9. The van der Waals surface area contributed by atoms with Gasteiger partial charge >= 0.3 is 0 Å². The minimum absolute atomic E-state index is 0. The van der Waals surface area contributed by atoms with Crippen LogP contribution < -0.4 is 11.1 Å². The Morgan fingerprint density at radius 2 is 2.12 bits per heavy atom. The number of nitrogens with zero attached hydrogens (tertiary/aromatic N) is 3. The molecule has 0 aliphatic heterocycles. The molecule has 0 aliphatic carbocycles. The van der Waals surface area contributed by atoms with Crippen LogP contribution in [0.25, 0.3) is 11.5 Å². The number of aromatic nitrogens is 1. The predicted octanol–water partition coefficient (Wildman–Crippen LogP) is 3.99. The minimum Gasteiger partial charge on any atom is -0.449 e. The van der Waals surface area contributed by atoms with Crippen molar-refractivity contribution in [3.8, 4) is 11.5 Å². The van der Waals surface area contributed by atoms with Crippen molar-refractivity contribution in [2.24, 2.45) is 10.7 Å². The molecule has 0 saturated carbocycles. The molecule has 1 amide bonds. The van der Waals surface area contributed by atoms with Crippen molar-refractivity contribution in [1.29, 1.82) is 0 Å². The maximum absolute atomic E-state index is 11.9. The van der Waals surface area contributed by atoms with E-state index in [1.807, 2.05) is 5.38 Å². The molecule has 26 heavy (non-hydrogen) atoms. The molecule has 9 heteroatoms. The highest BCUT2D eigenvalue weighted by molar-refractivity contribution is 8.93. The zero-order valence-electron chi connectivity index (χ0n) is 15.3. The Bertz CT molecular complexity index is 726. The van der Waals surface area contributed by atoms with Crippen LogP contribution in [0, 0.1) is 0 Å². The molecule has 2 aromatic heterocycles. The molecular formula is C17H26BrN5O2S. The van der Waals surface area contributed by atoms with Crippen LogP contribution in [0.1, 0.15) is 43.2 Å². The second kappa shape index (κ2) is 11.0. The lowest BCUT2D eigenvalue weighted by molar-refractivity contribution is 0.0797. The number of aliphatic imine (C=N–C) groups is 1. The zero-order valence-corrected chi connectivity index (χ0v) is 17.8. The highest BCUT2D eigenvalue weighted by atomic mass is 79.9. The summed E-state index contributed by atoms with van der Waals surface area (Å²) in [6, 6.07) is 3.39. The Morgan fingerprint density at radius 3 is 2.81 bits per heavy atom. The Balaban J connectivity index is 0.00000338. The molecule has 2 heterocycles. The Morgan fingerprint density at radius 1 is 1.35 bits per heavy atom. The van der Waals surface area contributed by atoms with E-state index in [-0.39, 0.29) is 28.6 Å². The van der Waals surface area contributed by atoms with Gasteiger partial charge < -0.3 is 20.4 Å². The van der Waals surface area contributed by atoms with Crippen LogP contribution in [0.5, 0.6) is 0 Å². The summed E-state index contributed by atoms with van der Waals surface area (Å²) in [6.07, 6.45) is 4.63. The van der Waals surface area contributed by atoms with Crippen LogP contribution >= 0.6 is 28.3 Å². The zero-order chi connectivity index (χ0) is 18.2. The van der Waals surface area contributed by atoms with Crippen LogP contribution in [-0.4, -0.2) is 42.4 Å². The third-order valence-electron chi connectivity index (χ3n) is 3.51.